The highest BCUT2D eigenvalue weighted by Gasteiger charge is 2.13. The van der Waals surface area contributed by atoms with Crippen molar-refractivity contribution in [2.75, 3.05) is 20.6 Å². The van der Waals surface area contributed by atoms with E-state index in [1.165, 1.54) is 0 Å². The quantitative estimate of drug-likeness (QED) is 0.793. The van der Waals surface area contributed by atoms with Gasteiger partial charge in [-0.1, -0.05) is 13.8 Å². The minimum Gasteiger partial charge on any atom is -0.506 e. The van der Waals surface area contributed by atoms with Crippen LogP contribution in [0.2, 0.25) is 0 Å². The highest BCUT2D eigenvalue weighted by molar-refractivity contribution is 5.27. The Labute approximate surface area is 116 Å². The predicted molar refractivity (Wildman–Crippen MR) is 79.3 cm³/mol. The van der Waals surface area contributed by atoms with E-state index in [9.17, 15) is 5.11 Å². The van der Waals surface area contributed by atoms with Gasteiger partial charge in [0.15, 0.2) is 0 Å². The SMILES string of the molecule is Cc1ccc(O)c(CNC(CC(C)C)CN(C)C)n1. The van der Waals surface area contributed by atoms with Gasteiger partial charge in [0.05, 0.1) is 5.69 Å². The molecule has 0 amide bonds. The lowest BCUT2D eigenvalue weighted by molar-refractivity contribution is 0.303. The second-order valence-electron chi connectivity index (χ2n) is 5.89. The van der Waals surface area contributed by atoms with E-state index in [0.29, 0.717) is 18.5 Å². The number of hydrogen-bond donors (Lipinski definition) is 2. The summed E-state index contributed by atoms with van der Waals surface area (Å²) < 4.78 is 0. The molecule has 1 aromatic heterocycles. The third-order valence-corrected chi connectivity index (χ3v) is 2.99. The van der Waals surface area contributed by atoms with E-state index >= 15 is 0 Å². The minimum absolute atomic E-state index is 0.270. The van der Waals surface area contributed by atoms with Crippen molar-refractivity contribution in [3.05, 3.63) is 23.5 Å². The van der Waals surface area contributed by atoms with Crippen molar-refractivity contribution in [1.29, 1.82) is 0 Å². The van der Waals surface area contributed by atoms with Crippen molar-refractivity contribution in [3.8, 4) is 5.75 Å². The molecule has 0 bridgehead atoms. The highest BCUT2D eigenvalue weighted by Crippen LogP contribution is 2.15. The number of aromatic hydroxyl groups is 1. The van der Waals surface area contributed by atoms with Gasteiger partial charge in [0.1, 0.15) is 5.75 Å². The Bertz CT molecular complexity index is 381. The Kier molecular flexibility index (Phi) is 6.25. The highest BCUT2D eigenvalue weighted by atomic mass is 16.3. The minimum atomic E-state index is 0.270. The normalized spacial score (nSPS) is 13.2. The summed E-state index contributed by atoms with van der Waals surface area (Å²) in [7, 11) is 4.16. The maximum atomic E-state index is 9.80. The van der Waals surface area contributed by atoms with E-state index in [4.69, 9.17) is 0 Å². The van der Waals surface area contributed by atoms with Gasteiger partial charge in [-0.25, -0.2) is 0 Å². The smallest absolute Gasteiger partial charge is 0.138 e. The van der Waals surface area contributed by atoms with Crippen LogP contribution < -0.4 is 5.32 Å². The lowest BCUT2D eigenvalue weighted by Gasteiger charge is -2.24. The number of nitrogens with zero attached hydrogens (tertiary/aromatic N) is 2. The van der Waals surface area contributed by atoms with Gasteiger partial charge < -0.3 is 15.3 Å². The number of hydrogen-bond acceptors (Lipinski definition) is 4. The van der Waals surface area contributed by atoms with Gasteiger partial charge in [-0.2, -0.15) is 0 Å². The zero-order chi connectivity index (χ0) is 14.4. The molecule has 0 aromatic carbocycles. The van der Waals surface area contributed by atoms with E-state index in [1.807, 2.05) is 13.0 Å². The number of nitrogens with one attached hydrogen (secondary N) is 1. The molecule has 0 saturated carbocycles. The molecule has 0 radical (unpaired) electrons. The zero-order valence-corrected chi connectivity index (χ0v) is 12.8. The largest absolute Gasteiger partial charge is 0.506 e. The fourth-order valence-corrected chi connectivity index (χ4v) is 2.21. The van der Waals surface area contributed by atoms with Gasteiger partial charge in [-0.15, -0.1) is 0 Å². The van der Waals surface area contributed by atoms with E-state index in [0.717, 1.165) is 24.4 Å². The molecule has 19 heavy (non-hydrogen) atoms. The van der Waals surface area contributed by atoms with Crippen LogP contribution in [0, 0.1) is 12.8 Å². The zero-order valence-electron chi connectivity index (χ0n) is 12.8. The maximum absolute atomic E-state index is 9.80. The van der Waals surface area contributed by atoms with E-state index in [-0.39, 0.29) is 5.75 Å². The molecule has 0 saturated heterocycles. The molecule has 2 N–H and O–H groups in total. The molecule has 4 nitrogen and oxygen atoms in total. The summed E-state index contributed by atoms with van der Waals surface area (Å²) in [6.45, 7) is 8.00. The van der Waals surface area contributed by atoms with Gasteiger partial charge >= 0.3 is 0 Å². The molecule has 0 aliphatic carbocycles. The summed E-state index contributed by atoms with van der Waals surface area (Å²) >= 11 is 0. The Hall–Kier alpha value is -1.13. The van der Waals surface area contributed by atoms with Crippen LogP contribution in [-0.2, 0) is 6.54 Å². The number of pyridine rings is 1. The molecule has 1 aromatic rings. The van der Waals surface area contributed by atoms with Crippen LogP contribution >= 0.6 is 0 Å². The van der Waals surface area contributed by atoms with Crippen molar-refractivity contribution in [1.82, 2.24) is 15.2 Å². The summed E-state index contributed by atoms with van der Waals surface area (Å²) in [5.74, 6) is 0.919. The molecule has 0 aliphatic heterocycles. The molecular formula is C15H27N3O. The molecule has 0 spiro atoms. The molecule has 0 fully saturated rings. The van der Waals surface area contributed by atoms with Crippen LogP contribution in [0.15, 0.2) is 12.1 Å². The number of aromatic nitrogens is 1. The van der Waals surface area contributed by atoms with Gasteiger partial charge in [0.25, 0.3) is 0 Å². The lowest BCUT2D eigenvalue weighted by Crippen LogP contribution is -2.39. The van der Waals surface area contributed by atoms with Gasteiger partial charge in [-0.05, 0) is 45.5 Å². The number of rotatable bonds is 7. The molecule has 1 atom stereocenters. The third-order valence-electron chi connectivity index (χ3n) is 2.99. The fraction of sp³-hybridized carbons (Fsp3) is 0.667. The Morgan fingerprint density at radius 1 is 1.32 bits per heavy atom. The average Bonchev–Trinajstić information content (AvgIpc) is 2.28. The first kappa shape index (κ1) is 15.9. The van der Waals surface area contributed by atoms with Crippen LogP contribution in [0.3, 0.4) is 0 Å². The van der Waals surface area contributed by atoms with Gasteiger partial charge in [-0.3, -0.25) is 4.98 Å². The molecule has 0 aliphatic rings. The lowest BCUT2D eigenvalue weighted by atomic mass is 10.0. The van der Waals surface area contributed by atoms with Crippen LogP contribution in [0.5, 0.6) is 5.75 Å². The summed E-state index contributed by atoms with van der Waals surface area (Å²) in [6, 6.07) is 3.95. The number of likely N-dealkylation sites (N-methyl/N-ethyl adjacent to an activating group) is 1. The predicted octanol–water partition coefficient (Wildman–Crippen LogP) is 2.16. The van der Waals surface area contributed by atoms with Crippen molar-refractivity contribution in [2.45, 2.75) is 39.8 Å². The van der Waals surface area contributed by atoms with Crippen LogP contribution in [-0.4, -0.2) is 41.7 Å². The van der Waals surface area contributed by atoms with Crippen molar-refractivity contribution in [3.63, 3.8) is 0 Å². The number of aryl methyl sites for hydroxylation is 1. The van der Waals surface area contributed by atoms with Crippen LogP contribution in [0.25, 0.3) is 0 Å². The van der Waals surface area contributed by atoms with Crippen molar-refractivity contribution < 1.29 is 5.11 Å². The summed E-state index contributed by atoms with van der Waals surface area (Å²) in [4.78, 5) is 6.56. The first-order valence-electron chi connectivity index (χ1n) is 6.92. The molecule has 4 heteroatoms. The Balaban J connectivity index is 2.61. The van der Waals surface area contributed by atoms with E-state index in [1.54, 1.807) is 6.07 Å². The second kappa shape index (κ2) is 7.46. The Morgan fingerprint density at radius 3 is 2.58 bits per heavy atom. The van der Waals surface area contributed by atoms with Crippen LogP contribution in [0.1, 0.15) is 31.7 Å². The molecule has 1 unspecified atom stereocenters. The first-order valence-corrected chi connectivity index (χ1v) is 6.92. The third kappa shape index (κ3) is 6.03. The summed E-state index contributed by atoms with van der Waals surface area (Å²) in [5, 5.41) is 13.3. The topological polar surface area (TPSA) is 48.4 Å². The second-order valence-corrected chi connectivity index (χ2v) is 5.89. The van der Waals surface area contributed by atoms with Gasteiger partial charge in [0.2, 0.25) is 0 Å². The molecule has 108 valence electrons. The first-order chi connectivity index (χ1) is 8.88. The van der Waals surface area contributed by atoms with E-state index < -0.39 is 0 Å². The maximum Gasteiger partial charge on any atom is 0.138 e. The molecule has 1 heterocycles. The van der Waals surface area contributed by atoms with Gasteiger partial charge in [0, 0.05) is 24.8 Å². The fourth-order valence-electron chi connectivity index (χ4n) is 2.21. The monoisotopic (exact) mass is 265 g/mol. The summed E-state index contributed by atoms with van der Waals surface area (Å²) in [5.41, 5.74) is 1.66. The van der Waals surface area contributed by atoms with Crippen LogP contribution in [0.4, 0.5) is 0 Å². The van der Waals surface area contributed by atoms with Crippen molar-refractivity contribution >= 4 is 0 Å². The standard InChI is InChI=1S/C15H27N3O/c1-11(2)8-13(10-18(4)5)16-9-14-15(19)7-6-12(3)17-14/h6-7,11,13,16,19H,8-10H2,1-5H3. The average molecular weight is 265 g/mol. The van der Waals surface area contributed by atoms with E-state index in [2.05, 4.69) is 43.1 Å². The molecular weight excluding hydrogens is 238 g/mol. The summed E-state index contributed by atoms with van der Waals surface area (Å²) in [6.07, 6.45) is 1.12. The van der Waals surface area contributed by atoms with Crippen molar-refractivity contribution in [2.24, 2.45) is 5.92 Å². The molecule has 1 rings (SSSR count). The Morgan fingerprint density at radius 2 is 2.00 bits per heavy atom.